The molecule has 0 radical (unpaired) electrons. The molecule has 0 saturated heterocycles. The Kier molecular flexibility index (Phi) is 5.77. The van der Waals surface area contributed by atoms with Gasteiger partial charge in [-0.15, -0.1) is 6.58 Å². The fourth-order valence-corrected chi connectivity index (χ4v) is 1.85. The first-order chi connectivity index (χ1) is 9.69. The fraction of sp³-hybridized carbons (Fsp3) is 0.333. The van der Waals surface area contributed by atoms with Gasteiger partial charge in [0.05, 0.1) is 17.2 Å². The van der Waals surface area contributed by atoms with Crippen LogP contribution in [0.1, 0.15) is 27.7 Å². The zero-order valence-electron chi connectivity index (χ0n) is 12.6. The Labute approximate surface area is 119 Å². The number of anilines is 1. The number of nitrogens with zero attached hydrogens (tertiary/aromatic N) is 3. The maximum Gasteiger partial charge on any atom is 0.156 e. The highest BCUT2D eigenvalue weighted by atomic mass is 15.3. The van der Waals surface area contributed by atoms with E-state index in [1.165, 1.54) is 0 Å². The van der Waals surface area contributed by atoms with Gasteiger partial charge in [-0.1, -0.05) is 32.1 Å². The second kappa shape index (κ2) is 7.33. The molecule has 2 heterocycles. The molecule has 5 heteroatoms. The molecule has 0 aliphatic rings. The van der Waals surface area contributed by atoms with E-state index in [0.717, 1.165) is 22.2 Å². The Bertz CT molecular complexity index is 644. The molecule has 0 aliphatic heterocycles. The zero-order chi connectivity index (χ0) is 15.1. The van der Waals surface area contributed by atoms with Crippen LogP contribution in [-0.2, 0) is 6.54 Å². The molecule has 108 valence electrons. The Morgan fingerprint density at radius 2 is 2.05 bits per heavy atom. The molecule has 0 fully saturated rings. The van der Waals surface area contributed by atoms with Gasteiger partial charge in [0.25, 0.3) is 0 Å². The van der Waals surface area contributed by atoms with E-state index in [0.29, 0.717) is 12.4 Å². The van der Waals surface area contributed by atoms with Crippen LogP contribution in [0.25, 0.3) is 23.7 Å². The third-order valence-electron chi connectivity index (χ3n) is 2.67. The SMILES string of the molecule is C=CCn1nc(N)cc1-c1nc(=C/C)/c(=C\C)[nH]1.CC. The summed E-state index contributed by atoms with van der Waals surface area (Å²) < 4.78 is 1.78. The van der Waals surface area contributed by atoms with Gasteiger partial charge < -0.3 is 10.7 Å². The number of imidazole rings is 1. The number of nitrogens with two attached hydrogens (primary N) is 1. The number of H-pyrrole nitrogens is 1. The minimum Gasteiger partial charge on any atom is -0.382 e. The topological polar surface area (TPSA) is 72.5 Å². The van der Waals surface area contributed by atoms with Crippen molar-refractivity contribution in [3.63, 3.8) is 0 Å². The van der Waals surface area contributed by atoms with Crippen molar-refractivity contribution in [2.75, 3.05) is 5.73 Å². The number of aromatic amines is 1. The molecule has 2 aromatic heterocycles. The summed E-state index contributed by atoms with van der Waals surface area (Å²) in [6, 6.07) is 1.81. The van der Waals surface area contributed by atoms with Crippen LogP contribution in [-0.4, -0.2) is 19.7 Å². The third kappa shape index (κ3) is 3.17. The first-order valence-electron chi connectivity index (χ1n) is 6.83. The minimum atomic E-state index is 0.479. The van der Waals surface area contributed by atoms with E-state index in [1.807, 2.05) is 39.8 Å². The highest BCUT2D eigenvalue weighted by Gasteiger charge is 2.10. The predicted molar refractivity (Wildman–Crippen MR) is 85.3 cm³/mol. The molecule has 0 aromatic carbocycles. The van der Waals surface area contributed by atoms with Crippen LogP contribution in [0, 0.1) is 0 Å². The second-order valence-corrected chi connectivity index (χ2v) is 3.89. The molecule has 0 aliphatic carbocycles. The summed E-state index contributed by atoms with van der Waals surface area (Å²) in [5.41, 5.74) is 6.60. The molecule has 0 bridgehead atoms. The second-order valence-electron chi connectivity index (χ2n) is 3.89. The summed E-state index contributed by atoms with van der Waals surface area (Å²) in [4.78, 5) is 7.80. The highest BCUT2D eigenvalue weighted by Crippen LogP contribution is 2.15. The van der Waals surface area contributed by atoms with Crippen molar-refractivity contribution in [2.45, 2.75) is 34.2 Å². The van der Waals surface area contributed by atoms with Crippen molar-refractivity contribution in [3.05, 3.63) is 29.4 Å². The molecule has 5 nitrogen and oxygen atoms in total. The van der Waals surface area contributed by atoms with Gasteiger partial charge in [0, 0.05) is 6.07 Å². The van der Waals surface area contributed by atoms with E-state index in [1.54, 1.807) is 16.8 Å². The van der Waals surface area contributed by atoms with E-state index < -0.39 is 0 Å². The molecule has 0 unspecified atom stereocenters. The number of hydrogen-bond acceptors (Lipinski definition) is 3. The highest BCUT2D eigenvalue weighted by molar-refractivity contribution is 5.55. The summed E-state index contributed by atoms with van der Waals surface area (Å²) in [5.74, 6) is 1.24. The number of rotatable bonds is 3. The summed E-state index contributed by atoms with van der Waals surface area (Å²) in [6.07, 6.45) is 5.73. The van der Waals surface area contributed by atoms with Gasteiger partial charge in [-0.2, -0.15) is 5.10 Å². The van der Waals surface area contributed by atoms with Crippen LogP contribution in [0.5, 0.6) is 0 Å². The lowest BCUT2D eigenvalue weighted by atomic mass is 10.4. The molecular weight excluding hydrogens is 250 g/mol. The van der Waals surface area contributed by atoms with Crippen LogP contribution >= 0.6 is 0 Å². The lowest BCUT2D eigenvalue weighted by Crippen LogP contribution is -2.23. The Balaban J connectivity index is 0.000000956. The lowest BCUT2D eigenvalue weighted by Gasteiger charge is -2.00. The van der Waals surface area contributed by atoms with E-state index in [4.69, 9.17) is 5.73 Å². The molecule has 0 spiro atoms. The number of allylic oxidation sites excluding steroid dienone is 1. The van der Waals surface area contributed by atoms with Gasteiger partial charge >= 0.3 is 0 Å². The van der Waals surface area contributed by atoms with E-state index in [-0.39, 0.29) is 0 Å². The fourth-order valence-electron chi connectivity index (χ4n) is 1.85. The maximum absolute atomic E-state index is 5.73. The first kappa shape index (κ1) is 15.8. The van der Waals surface area contributed by atoms with Gasteiger partial charge in [0.2, 0.25) is 0 Å². The van der Waals surface area contributed by atoms with Crippen LogP contribution in [0.15, 0.2) is 18.7 Å². The maximum atomic E-state index is 5.73. The van der Waals surface area contributed by atoms with Crippen molar-refractivity contribution in [1.82, 2.24) is 19.7 Å². The summed E-state index contributed by atoms with van der Waals surface area (Å²) in [5, 5.41) is 6.14. The van der Waals surface area contributed by atoms with Crippen molar-refractivity contribution in [3.8, 4) is 11.5 Å². The van der Waals surface area contributed by atoms with Crippen molar-refractivity contribution in [2.24, 2.45) is 0 Å². The van der Waals surface area contributed by atoms with Crippen LogP contribution in [0.2, 0.25) is 0 Å². The molecule has 3 N–H and O–H groups in total. The smallest absolute Gasteiger partial charge is 0.156 e. The quantitative estimate of drug-likeness (QED) is 0.836. The van der Waals surface area contributed by atoms with Gasteiger partial charge in [-0.05, 0) is 13.8 Å². The first-order valence-corrected chi connectivity index (χ1v) is 6.83. The Morgan fingerprint density at radius 3 is 2.55 bits per heavy atom. The Morgan fingerprint density at radius 1 is 1.35 bits per heavy atom. The van der Waals surface area contributed by atoms with E-state index >= 15 is 0 Å². The number of aromatic nitrogens is 4. The van der Waals surface area contributed by atoms with Crippen molar-refractivity contribution in [1.29, 1.82) is 0 Å². The van der Waals surface area contributed by atoms with Crippen LogP contribution in [0.3, 0.4) is 0 Å². The van der Waals surface area contributed by atoms with Crippen molar-refractivity contribution < 1.29 is 0 Å². The summed E-state index contributed by atoms with van der Waals surface area (Å²) in [7, 11) is 0. The molecule has 0 amide bonds. The molecular formula is C15H23N5. The van der Waals surface area contributed by atoms with Crippen molar-refractivity contribution >= 4 is 18.0 Å². The van der Waals surface area contributed by atoms with Crippen LogP contribution in [0.4, 0.5) is 5.82 Å². The predicted octanol–water partition coefficient (Wildman–Crippen LogP) is 1.67. The number of hydrogen-bond donors (Lipinski definition) is 2. The summed E-state index contributed by atoms with van der Waals surface area (Å²) in [6.45, 7) is 12.2. The van der Waals surface area contributed by atoms with Crippen LogP contribution < -0.4 is 16.4 Å². The van der Waals surface area contributed by atoms with Gasteiger partial charge in [0.1, 0.15) is 11.5 Å². The molecule has 2 aromatic rings. The molecule has 2 rings (SSSR count). The third-order valence-corrected chi connectivity index (χ3v) is 2.67. The number of nitrogen functional groups attached to an aromatic ring is 1. The normalized spacial score (nSPS) is 12.2. The van der Waals surface area contributed by atoms with Gasteiger partial charge in [-0.3, -0.25) is 4.68 Å². The molecule has 20 heavy (non-hydrogen) atoms. The average Bonchev–Trinajstić information content (AvgIpc) is 3.04. The zero-order valence-corrected chi connectivity index (χ0v) is 12.6. The molecule has 0 atom stereocenters. The van der Waals surface area contributed by atoms with Gasteiger partial charge in [-0.25, -0.2) is 4.98 Å². The average molecular weight is 273 g/mol. The largest absolute Gasteiger partial charge is 0.382 e. The minimum absolute atomic E-state index is 0.479. The number of nitrogens with one attached hydrogen (secondary N) is 1. The van der Waals surface area contributed by atoms with Gasteiger partial charge in [0.15, 0.2) is 5.82 Å². The Hall–Kier alpha value is -2.30. The monoisotopic (exact) mass is 273 g/mol. The van der Waals surface area contributed by atoms with E-state index in [9.17, 15) is 0 Å². The standard InChI is InChI=1S/C13H17N5.C2H6/c1-4-7-18-11(8-12(14)17-18)13-15-9(5-2)10(6-3)16-13;1-2/h4-6,8H,1,7H2,2-3H3,(H2,14,17)(H,15,16);1-2H3/b9-5+,10-6+;. The summed E-state index contributed by atoms with van der Waals surface area (Å²) >= 11 is 0. The lowest BCUT2D eigenvalue weighted by molar-refractivity contribution is 0.710. The van der Waals surface area contributed by atoms with E-state index in [2.05, 4.69) is 21.6 Å². The molecule has 0 saturated carbocycles.